The van der Waals surface area contributed by atoms with E-state index >= 15 is 0 Å². The molecule has 3 saturated heterocycles. The fourth-order valence-electron chi connectivity index (χ4n) is 8.52. The molecule has 1 aromatic carbocycles. The highest BCUT2D eigenvalue weighted by atomic mass is 32.2. The van der Waals surface area contributed by atoms with Crippen molar-refractivity contribution in [1.82, 2.24) is 9.80 Å². The summed E-state index contributed by atoms with van der Waals surface area (Å²) in [6, 6.07) is 7.03. The average Bonchev–Trinajstić information content (AvgIpc) is 3.64. The van der Waals surface area contributed by atoms with Crippen molar-refractivity contribution in [3.05, 3.63) is 49.6 Å². The monoisotopic (exact) mass is 637 g/mol. The third kappa shape index (κ3) is 6.19. The Balaban J connectivity index is 1.51. The van der Waals surface area contributed by atoms with Crippen LogP contribution in [0, 0.1) is 17.8 Å². The van der Waals surface area contributed by atoms with E-state index in [1.165, 1.54) is 6.42 Å². The molecule has 1 spiro atoms. The number of fused-ring (bicyclic) bond motifs is 1. The topological polar surface area (TPSA) is 90.4 Å². The Bertz CT molecular complexity index is 1230. The van der Waals surface area contributed by atoms with Crippen molar-refractivity contribution in [3.63, 3.8) is 0 Å². The van der Waals surface area contributed by atoms with E-state index in [4.69, 9.17) is 4.74 Å². The second kappa shape index (κ2) is 14.8. The molecule has 1 aromatic rings. The van der Waals surface area contributed by atoms with E-state index < -0.39 is 22.6 Å². The molecule has 3 unspecified atom stereocenters. The molecule has 0 radical (unpaired) electrons. The van der Waals surface area contributed by atoms with E-state index in [1.807, 2.05) is 47.1 Å². The molecule has 2 bridgehead atoms. The van der Waals surface area contributed by atoms with Gasteiger partial charge in [-0.1, -0.05) is 38.3 Å². The van der Waals surface area contributed by atoms with Crippen LogP contribution >= 0.6 is 11.8 Å². The van der Waals surface area contributed by atoms with Crippen LogP contribution in [0.4, 0.5) is 5.69 Å². The van der Waals surface area contributed by atoms with Crippen LogP contribution in [-0.4, -0.2) is 87.6 Å². The molecule has 3 amide bonds. The third-order valence-corrected chi connectivity index (χ3v) is 12.6. The van der Waals surface area contributed by atoms with Crippen LogP contribution in [0.1, 0.15) is 71.6 Å². The maximum Gasteiger partial charge on any atom is 0.247 e. The first-order valence-corrected chi connectivity index (χ1v) is 17.9. The van der Waals surface area contributed by atoms with Gasteiger partial charge in [-0.3, -0.25) is 14.4 Å². The van der Waals surface area contributed by atoms with Crippen molar-refractivity contribution in [2.24, 2.45) is 17.8 Å². The molecule has 1 N–H and O–H groups in total. The first-order valence-electron chi connectivity index (χ1n) is 17.0. The van der Waals surface area contributed by atoms with E-state index in [-0.39, 0.29) is 41.5 Å². The Morgan fingerprint density at radius 1 is 1.07 bits per heavy atom. The summed E-state index contributed by atoms with van der Waals surface area (Å²) in [5.74, 6) is -0.369. The number of rotatable bonds is 15. The number of benzene rings is 1. The average molecular weight is 638 g/mol. The SMILES string of the molecule is C=CCN(C(=O)[C@@H]1[C@@H]2CC(C)C3(S2)C(C(=O)N(CC=C)C2CCCCC2)N(CCCCCO)C(=O)[C@H]13)c1ccc(OCC)cc1. The molecule has 8 nitrogen and oxygen atoms in total. The van der Waals surface area contributed by atoms with Gasteiger partial charge in [0, 0.05) is 43.2 Å². The minimum Gasteiger partial charge on any atom is -0.494 e. The molecule has 6 atom stereocenters. The third-order valence-electron chi connectivity index (χ3n) is 10.5. The quantitative estimate of drug-likeness (QED) is 0.203. The zero-order chi connectivity index (χ0) is 32.1. The molecule has 246 valence electrons. The Kier molecular flexibility index (Phi) is 11.0. The molecule has 0 aromatic heterocycles. The second-order valence-corrected chi connectivity index (χ2v) is 14.7. The first kappa shape index (κ1) is 33.6. The molecule has 1 saturated carbocycles. The summed E-state index contributed by atoms with van der Waals surface area (Å²) in [6.45, 7) is 13.9. The predicted molar refractivity (Wildman–Crippen MR) is 180 cm³/mol. The van der Waals surface area contributed by atoms with Crippen LogP contribution < -0.4 is 9.64 Å². The molecule has 45 heavy (non-hydrogen) atoms. The van der Waals surface area contributed by atoms with Gasteiger partial charge in [0.15, 0.2) is 0 Å². The van der Waals surface area contributed by atoms with Gasteiger partial charge in [0.1, 0.15) is 11.8 Å². The molecule has 4 fully saturated rings. The summed E-state index contributed by atoms with van der Waals surface area (Å²) < 4.78 is 4.96. The number of anilines is 1. The van der Waals surface area contributed by atoms with Gasteiger partial charge < -0.3 is 24.5 Å². The molecule has 3 heterocycles. The maximum absolute atomic E-state index is 14.9. The van der Waals surface area contributed by atoms with Gasteiger partial charge in [0.25, 0.3) is 0 Å². The lowest BCUT2D eigenvalue weighted by Crippen LogP contribution is -2.59. The maximum atomic E-state index is 14.9. The fourth-order valence-corrected chi connectivity index (χ4v) is 10.9. The zero-order valence-electron chi connectivity index (χ0n) is 27.1. The number of unbranched alkanes of at least 4 members (excludes halogenated alkanes) is 2. The lowest BCUT2D eigenvalue weighted by atomic mass is 9.65. The number of aliphatic hydroxyl groups excluding tert-OH is 1. The van der Waals surface area contributed by atoms with Crippen LogP contribution in [-0.2, 0) is 14.4 Å². The molecule has 5 rings (SSSR count). The van der Waals surface area contributed by atoms with Crippen LogP contribution in [0.2, 0.25) is 0 Å². The minimum absolute atomic E-state index is 0.0161. The number of thioether (sulfide) groups is 1. The lowest BCUT2D eigenvalue weighted by molar-refractivity contribution is -0.144. The van der Waals surface area contributed by atoms with Gasteiger partial charge in [0.05, 0.1) is 23.2 Å². The van der Waals surface area contributed by atoms with Crippen molar-refractivity contribution in [2.45, 2.75) is 93.7 Å². The number of hydrogen-bond donors (Lipinski definition) is 1. The van der Waals surface area contributed by atoms with Crippen LogP contribution in [0.3, 0.4) is 0 Å². The van der Waals surface area contributed by atoms with Gasteiger partial charge in [-0.05, 0) is 75.6 Å². The van der Waals surface area contributed by atoms with E-state index in [2.05, 4.69) is 20.1 Å². The molecular weight excluding hydrogens is 586 g/mol. The number of nitrogens with zero attached hydrogens (tertiary/aromatic N) is 3. The predicted octanol–water partition coefficient (Wildman–Crippen LogP) is 5.45. The molecule has 9 heteroatoms. The highest BCUT2D eigenvalue weighted by molar-refractivity contribution is 8.02. The van der Waals surface area contributed by atoms with Crippen LogP contribution in [0.25, 0.3) is 0 Å². The van der Waals surface area contributed by atoms with Gasteiger partial charge in [0.2, 0.25) is 17.7 Å². The normalized spacial score (nSPS) is 29.0. The van der Waals surface area contributed by atoms with Crippen molar-refractivity contribution >= 4 is 35.2 Å². The summed E-state index contributed by atoms with van der Waals surface area (Å²) >= 11 is 1.73. The number of amides is 3. The van der Waals surface area contributed by atoms with Crippen molar-refractivity contribution in [1.29, 1.82) is 0 Å². The van der Waals surface area contributed by atoms with E-state index in [1.54, 1.807) is 22.7 Å². The van der Waals surface area contributed by atoms with E-state index in [0.29, 0.717) is 39.1 Å². The molecule has 1 aliphatic carbocycles. The number of aliphatic hydroxyl groups is 1. The number of carbonyl (C=O) groups excluding carboxylic acids is 3. The Hall–Kier alpha value is -2.78. The minimum atomic E-state index is -0.664. The number of likely N-dealkylation sites (tertiary alicyclic amines) is 1. The zero-order valence-corrected chi connectivity index (χ0v) is 27.9. The summed E-state index contributed by atoms with van der Waals surface area (Å²) in [5.41, 5.74) is 0.742. The van der Waals surface area contributed by atoms with E-state index in [0.717, 1.165) is 50.0 Å². The van der Waals surface area contributed by atoms with E-state index in [9.17, 15) is 19.5 Å². The molecular formula is C36H51N3O5S. The van der Waals surface area contributed by atoms with Crippen LogP contribution in [0.5, 0.6) is 5.75 Å². The molecule has 3 aliphatic heterocycles. The lowest BCUT2D eigenvalue weighted by Gasteiger charge is -2.43. The highest BCUT2D eigenvalue weighted by Crippen LogP contribution is 2.69. The summed E-state index contributed by atoms with van der Waals surface area (Å²) in [6.07, 6.45) is 11.8. The number of hydrogen-bond acceptors (Lipinski definition) is 6. The molecule has 4 aliphatic rings. The summed E-state index contributed by atoms with van der Waals surface area (Å²) in [7, 11) is 0. The second-order valence-electron chi connectivity index (χ2n) is 13.1. The Labute approximate surface area is 273 Å². The van der Waals surface area contributed by atoms with Gasteiger partial charge in [-0.2, -0.15) is 0 Å². The fraction of sp³-hybridized carbons (Fsp3) is 0.639. The summed E-state index contributed by atoms with van der Waals surface area (Å²) in [4.78, 5) is 49.7. The Morgan fingerprint density at radius 3 is 2.42 bits per heavy atom. The standard InChI is InChI=1S/C36H51N3O5S/c1-5-20-37(27-16-18-28(19-17-27)44-7-3)33(41)30-29-24-25(4)36(45-29)31(30)34(42)39(22-12-9-13-23-40)32(36)35(43)38(21-6-2)26-14-10-8-11-15-26/h5-6,16-19,25-26,29-32,40H,1-2,7-15,20-24H2,3-4H3/t25?,29-,30+,31-,32?,36?/m0/s1. The Morgan fingerprint density at radius 2 is 1.78 bits per heavy atom. The van der Waals surface area contributed by atoms with Crippen molar-refractivity contribution in [2.75, 3.05) is 37.7 Å². The first-order chi connectivity index (χ1) is 21.8. The number of ether oxygens (including phenoxy) is 1. The van der Waals surface area contributed by atoms with Gasteiger partial charge in [-0.25, -0.2) is 0 Å². The van der Waals surface area contributed by atoms with Crippen molar-refractivity contribution in [3.8, 4) is 5.75 Å². The van der Waals surface area contributed by atoms with Gasteiger partial charge in [-0.15, -0.1) is 24.9 Å². The van der Waals surface area contributed by atoms with Crippen molar-refractivity contribution < 1.29 is 24.2 Å². The number of carbonyl (C=O) groups is 3. The largest absolute Gasteiger partial charge is 0.494 e. The van der Waals surface area contributed by atoms with Crippen LogP contribution in [0.15, 0.2) is 49.6 Å². The highest BCUT2D eigenvalue weighted by Gasteiger charge is 2.76. The van der Waals surface area contributed by atoms with Gasteiger partial charge >= 0.3 is 0 Å². The summed E-state index contributed by atoms with van der Waals surface area (Å²) in [5, 5.41) is 9.36. The smallest absolute Gasteiger partial charge is 0.247 e.